The molecule has 1 aliphatic carbocycles. The lowest BCUT2D eigenvalue weighted by molar-refractivity contribution is 0.102. The Labute approximate surface area is 136 Å². The van der Waals surface area contributed by atoms with Gasteiger partial charge in [-0.3, -0.25) is 4.98 Å². The first-order valence-corrected chi connectivity index (χ1v) is 8.83. The number of rotatable bonds is 3. The van der Waals surface area contributed by atoms with Crippen LogP contribution in [0.5, 0.6) is 0 Å². The molecule has 0 amide bonds. The van der Waals surface area contributed by atoms with E-state index in [2.05, 4.69) is 47.8 Å². The van der Waals surface area contributed by atoms with Crippen molar-refractivity contribution >= 4 is 27.5 Å². The zero-order valence-electron chi connectivity index (χ0n) is 12.8. The van der Waals surface area contributed by atoms with Crippen LogP contribution in [0.4, 0.5) is 0 Å². The Kier molecular flexibility index (Phi) is 5.18. The van der Waals surface area contributed by atoms with Crippen LogP contribution in [0.1, 0.15) is 52.0 Å². The maximum absolute atomic E-state index is 6.36. The van der Waals surface area contributed by atoms with Crippen LogP contribution >= 0.6 is 27.5 Å². The molecule has 0 atom stereocenters. The molecule has 1 saturated carbocycles. The van der Waals surface area contributed by atoms with E-state index in [1.54, 1.807) is 0 Å². The summed E-state index contributed by atoms with van der Waals surface area (Å²) < 4.78 is 1.06. The molecule has 1 aromatic rings. The molecule has 20 heavy (non-hydrogen) atoms. The number of hydrogen-bond donors (Lipinski definition) is 0. The fourth-order valence-electron chi connectivity index (χ4n) is 3.44. The molecular formula is C17H25BrClN. The minimum atomic E-state index is 0.270. The average Bonchev–Trinajstić information content (AvgIpc) is 2.38. The van der Waals surface area contributed by atoms with Crippen LogP contribution in [-0.2, 0) is 6.42 Å². The van der Waals surface area contributed by atoms with Crippen molar-refractivity contribution in [3.63, 3.8) is 0 Å². The van der Waals surface area contributed by atoms with Crippen molar-refractivity contribution < 1.29 is 0 Å². The second kappa shape index (κ2) is 6.36. The van der Waals surface area contributed by atoms with Crippen LogP contribution in [0.2, 0.25) is 0 Å². The predicted molar refractivity (Wildman–Crippen MR) is 90.2 cm³/mol. The van der Waals surface area contributed by atoms with E-state index in [-0.39, 0.29) is 5.41 Å². The first-order valence-electron chi connectivity index (χ1n) is 7.50. The van der Waals surface area contributed by atoms with E-state index in [4.69, 9.17) is 11.6 Å². The smallest absolute Gasteiger partial charge is 0.0410 e. The first kappa shape index (κ1) is 16.3. The molecule has 112 valence electrons. The van der Waals surface area contributed by atoms with E-state index in [1.165, 1.54) is 31.2 Å². The number of nitrogens with zero attached hydrogens (tertiary/aromatic N) is 1. The summed E-state index contributed by atoms with van der Waals surface area (Å²) in [5.41, 5.74) is 2.00. The lowest BCUT2D eigenvalue weighted by atomic mass is 9.63. The lowest BCUT2D eigenvalue weighted by Crippen LogP contribution is -2.35. The van der Waals surface area contributed by atoms with Crippen molar-refractivity contribution in [3.8, 4) is 0 Å². The highest BCUT2D eigenvalue weighted by Crippen LogP contribution is 2.47. The van der Waals surface area contributed by atoms with Crippen LogP contribution in [0.3, 0.4) is 0 Å². The highest BCUT2D eigenvalue weighted by Gasteiger charge is 2.38. The SMILES string of the molecule is CC(C)(C)C1CCC(CCl)(Cc2cncc(Br)c2)CC1. The monoisotopic (exact) mass is 357 g/mol. The minimum absolute atomic E-state index is 0.270. The Hall–Kier alpha value is -0.0800. The molecule has 1 fully saturated rings. The molecule has 0 radical (unpaired) electrons. The zero-order valence-corrected chi connectivity index (χ0v) is 15.1. The second-order valence-corrected chi connectivity index (χ2v) is 8.65. The van der Waals surface area contributed by atoms with Gasteiger partial charge in [0.05, 0.1) is 0 Å². The lowest BCUT2D eigenvalue weighted by Gasteiger charge is -2.43. The summed E-state index contributed by atoms with van der Waals surface area (Å²) in [6.07, 6.45) is 9.97. The van der Waals surface area contributed by atoms with Gasteiger partial charge in [0.15, 0.2) is 0 Å². The molecule has 0 aliphatic heterocycles. The molecule has 1 aromatic heterocycles. The molecular weight excluding hydrogens is 334 g/mol. The van der Waals surface area contributed by atoms with E-state index < -0.39 is 0 Å². The standard InChI is InChI=1S/C17H25BrClN/c1-16(2,3)14-4-6-17(12-19,7-5-14)9-13-8-15(18)11-20-10-13/h8,10-11,14H,4-7,9,12H2,1-3H3. The van der Waals surface area contributed by atoms with Gasteiger partial charge in [-0.05, 0) is 76.4 Å². The normalized spacial score (nSPS) is 27.6. The molecule has 0 N–H and O–H groups in total. The summed E-state index contributed by atoms with van der Waals surface area (Å²) in [6, 6.07) is 2.18. The summed E-state index contributed by atoms with van der Waals surface area (Å²) in [5, 5.41) is 0. The summed E-state index contributed by atoms with van der Waals surface area (Å²) in [7, 11) is 0. The summed E-state index contributed by atoms with van der Waals surface area (Å²) in [6.45, 7) is 7.09. The van der Waals surface area contributed by atoms with Crippen LogP contribution in [-0.4, -0.2) is 10.9 Å². The summed E-state index contributed by atoms with van der Waals surface area (Å²) >= 11 is 9.86. The van der Waals surface area contributed by atoms with Gasteiger partial charge in [-0.25, -0.2) is 0 Å². The Balaban J connectivity index is 2.05. The second-order valence-electron chi connectivity index (χ2n) is 7.46. The number of hydrogen-bond acceptors (Lipinski definition) is 1. The highest BCUT2D eigenvalue weighted by atomic mass is 79.9. The van der Waals surface area contributed by atoms with Gasteiger partial charge < -0.3 is 0 Å². The quantitative estimate of drug-likeness (QED) is 0.618. The van der Waals surface area contributed by atoms with E-state index in [1.807, 2.05) is 12.4 Å². The van der Waals surface area contributed by atoms with E-state index in [0.29, 0.717) is 5.41 Å². The Morgan fingerprint density at radius 3 is 2.45 bits per heavy atom. The molecule has 0 unspecified atom stereocenters. The predicted octanol–water partition coefficient (Wildman–Crippen LogP) is 5.85. The third kappa shape index (κ3) is 3.98. The van der Waals surface area contributed by atoms with Gasteiger partial charge in [0.2, 0.25) is 0 Å². The summed E-state index contributed by atoms with van der Waals surface area (Å²) in [5.74, 6) is 1.59. The van der Waals surface area contributed by atoms with E-state index in [0.717, 1.165) is 22.7 Å². The van der Waals surface area contributed by atoms with Crippen molar-refractivity contribution in [1.82, 2.24) is 4.98 Å². The maximum Gasteiger partial charge on any atom is 0.0410 e. The molecule has 1 heterocycles. The topological polar surface area (TPSA) is 12.9 Å². The van der Waals surface area contributed by atoms with Gasteiger partial charge >= 0.3 is 0 Å². The molecule has 2 rings (SSSR count). The van der Waals surface area contributed by atoms with Gasteiger partial charge in [-0.15, -0.1) is 11.6 Å². The maximum atomic E-state index is 6.36. The van der Waals surface area contributed by atoms with Crippen molar-refractivity contribution in [2.45, 2.75) is 52.9 Å². The number of alkyl halides is 1. The third-order valence-corrected chi connectivity index (χ3v) is 5.90. The average molecular weight is 359 g/mol. The Morgan fingerprint density at radius 2 is 1.95 bits per heavy atom. The van der Waals surface area contributed by atoms with Gasteiger partial charge in [0, 0.05) is 22.7 Å². The van der Waals surface area contributed by atoms with E-state index in [9.17, 15) is 0 Å². The van der Waals surface area contributed by atoms with Gasteiger partial charge in [-0.2, -0.15) is 0 Å². The van der Waals surface area contributed by atoms with Gasteiger partial charge in [0.1, 0.15) is 0 Å². The molecule has 1 aliphatic rings. The number of aromatic nitrogens is 1. The van der Waals surface area contributed by atoms with Crippen molar-refractivity contribution in [1.29, 1.82) is 0 Å². The summed E-state index contributed by atoms with van der Waals surface area (Å²) in [4.78, 5) is 4.28. The third-order valence-electron chi connectivity index (χ3n) is 4.90. The van der Waals surface area contributed by atoms with Crippen LogP contribution in [0.15, 0.2) is 22.9 Å². The fraction of sp³-hybridized carbons (Fsp3) is 0.706. The van der Waals surface area contributed by atoms with Gasteiger partial charge in [-0.1, -0.05) is 20.8 Å². The van der Waals surface area contributed by atoms with Gasteiger partial charge in [0.25, 0.3) is 0 Å². The molecule has 0 aromatic carbocycles. The Morgan fingerprint density at radius 1 is 1.30 bits per heavy atom. The fourth-order valence-corrected chi connectivity index (χ4v) is 4.21. The molecule has 0 spiro atoms. The molecule has 0 saturated heterocycles. The largest absolute Gasteiger partial charge is 0.263 e. The first-order chi connectivity index (χ1) is 9.35. The van der Waals surface area contributed by atoms with Crippen LogP contribution in [0, 0.1) is 16.7 Å². The van der Waals surface area contributed by atoms with Crippen LogP contribution < -0.4 is 0 Å². The number of halogens is 2. The van der Waals surface area contributed by atoms with E-state index >= 15 is 0 Å². The zero-order chi connectivity index (χ0) is 14.8. The molecule has 1 nitrogen and oxygen atoms in total. The molecule has 0 bridgehead atoms. The number of pyridine rings is 1. The minimum Gasteiger partial charge on any atom is -0.263 e. The van der Waals surface area contributed by atoms with Crippen molar-refractivity contribution in [2.24, 2.45) is 16.7 Å². The van der Waals surface area contributed by atoms with Crippen molar-refractivity contribution in [2.75, 3.05) is 5.88 Å². The Bertz CT molecular complexity index is 445. The van der Waals surface area contributed by atoms with Crippen LogP contribution in [0.25, 0.3) is 0 Å². The highest BCUT2D eigenvalue weighted by molar-refractivity contribution is 9.10. The molecule has 3 heteroatoms. The van der Waals surface area contributed by atoms with Crippen molar-refractivity contribution in [3.05, 3.63) is 28.5 Å².